The van der Waals surface area contributed by atoms with Crippen molar-refractivity contribution in [3.05, 3.63) is 60.2 Å². The number of piperidine rings is 1. The van der Waals surface area contributed by atoms with Gasteiger partial charge in [0.15, 0.2) is 0 Å². The standard InChI is InChI=1S/C20H23FN2O2/c21-17-6-4-16(5-7-17)13-23-10-2-8-20(15-23)11-19(14-24-20)25-18-3-1-9-22-12-18/h1,3-7,9,12,19H,2,8,10-11,13-15H2. The lowest BCUT2D eigenvalue weighted by atomic mass is 9.89. The van der Waals surface area contributed by atoms with Crippen LogP contribution in [0.15, 0.2) is 48.8 Å². The second-order valence-corrected chi connectivity index (χ2v) is 7.07. The molecule has 0 amide bonds. The molecule has 0 bridgehead atoms. The maximum atomic E-state index is 13.1. The van der Waals surface area contributed by atoms with E-state index in [4.69, 9.17) is 9.47 Å². The third-order valence-corrected chi connectivity index (χ3v) is 5.05. The number of nitrogens with zero attached hydrogens (tertiary/aromatic N) is 2. The van der Waals surface area contributed by atoms with Crippen molar-refractivity contribution in [1.29, 1.82) is 0 Å². The van der Waals surface area contributed by atoms with Crippen LogP contribution < -0.4 is 4.74 Å². The van der Waals surface area contributed by atoms with Crippen LogP contribution in [-0.2, 0) is 11.3 Å². The van der Waals surface area contributed by atoms with Crippen molar-refractivity contribution in [3.63, 3.8) is 0 Å². The minimum Gasteiger partial charge on any atom is -0.486 e. The van der Waals surface area contributed by atoms with Gasteiger partial charge in [0, 0.05) is 25.7 Å². The molecule has 5 heteroatoms. The van der Waals surface area contributed by atoms with Gasteiger partial charge in [-0.15, -0.1) is 0 Å². The van der Waals surface area contributed by atoms with Crippen LogP contribution in [-0.4, -0.2) is 41.3 Å². The number of ether oxygens (including phenoxy) is 2. The van der Waals surface area contributed by atoms with E-state index >= 15 is 0 Å². The van der Waals surface area contributed by atoms with E-state index in [9.17, 15) is 4.39 Å². The normalized spacial score (nSPS) is 26.8. The first-order valence-electron chi connectivity index (χ1n) is 8.88. The van der Waals surface area contributed by atoms with Gasteiger partial charge in [0.2, 0.25) is 0 Å². The largest absolute Gasteiger partial charge is 0.486 e. The average Bonchev–Trinajstić information content (AvgIpc) is 3.00. The minimum atomic E-state index is -0.187. The molecule has 25 heavy (non-hydrogen) atoms. The summed E-state index contributed by atoms with van der Waals surface area (Å²) in [6.07, 6.45) is 6.65. The molecule has 1 aromatic heterocycles. The summed E-state index contributed by atoms with van der Waals surface area (Å²) in [5.41, 5.74) is 1.02. The van der Waals surface area contributed by atoms with Crippen molar-refractivity contribution in [1.82, 2.24) is 9.88 Å². The van der Waals surface area contributed by atoms with Gasteiger partial charge in [0.05, 0.1) is 18.4 Å². The monoisotopic (exact) mass is 342 g/mol. The van der Waals surface area contributed by atoms with E-state index in [1.807, 2.05) is 24.3 Å². The lowest BCUT2D eigenvalue weighted by Gasteiger charge is -2.39. The Labute approximate surface area is 147 Å². The number of likely N-dealkylation sites (tertiary alicyclic amines) is 1. The van der Waals surface area contributed by atoms with E-state index in [-0.39, 0.29) is 17.5 Å². The first kappa shape index (κ1) is 16.5. The Kier molecular flexibility index (Phi) is 4.68. The second kappa shape index (κ2) is 7.10. The highest BCUT2D eigenvalue weighted by atomic mass is 19.1. The van der Waals surface area contributed by atoms with Gasteiger partial charge in [-0.2, -0.15) is 0 Å². The SMILES string of the molecule is Fc1ccc(CN2CCCC3(CC(Oc4cccnc4)CO3)C2)cc1. The summed E-state index contributed by atoms with van der Waals surface area (Å²) in [7, 11) is 0. The van der Waals surface area contributed by atoms with Gasteiger partial charge in [-0.25, -0.2) is 4.39 Å². The molecule has 3 heterocycles. The van der Waals surface area contributed by atoms with Crippen LogP contribution in [0.25, 0.3) is 0 Å². The van der Waals surface area contributed by atoms with E-state index in [0.29, 0.717) is 6.61 Å². The predicted octanol–water partition coefficient (Wildman–Crippen LogP) is 3.42. The Hall–Kier alpha value is -1.98. The zero-order valence-corrected chi connectivity index (χ0v) is 14.2. The fourth-order valence-electron chi connectivity index (χ4n) is 3.95. The number of rotatable bonds is 4. The summed E-state index contributed by atoms with van der Waals surface area (Å²) in [6.45, 7) is 3.41. The molecule has 4 rings (SSSR count). The number of benzene rings is 1. The quantitative estimate of drug-likeness (QED) is 0.853. The van der Waals surface area contributed by atoms with Gasteiger partial charge in [-0.1, -0.05) is 12.1 Å². The summed E-state index contributed by atoms with van der Waals surface area (Å²) < 4.78 is 25.3. The lowest BCUT2D eigenvalue weighted by molar-refractivity contribution is -0.0538. The zero-order valence-electron chi connectivity index (χ0n) is 14.2. The first-order chi connectivity index (χ1) is 12.2. The van der Waals surface area contributed by atoms with Gasteiger partial charge in [-0.05, 0) is 49.2 Å². The van der Waals surface area contributed by atoms with Crippen molar-refractivity contribution in [3.8, 4) is 5.75 Å². The van der Waals surface area contributed by atoms with E-state index in [1.165, 1.54) is 12.1 Å². The van der Waals surface area contributed by atoms with Crippen LogP contribution in [0.1, 0.15) is 24.8 Å². The highest BCUT2D eigenvalue weighted by molar-refractivity contribution is 5.17. The Morgan fingerprint density at radius 3 is 2.96 bits per heavy atom. The molecule has 2 saturated heterocycles. The molecular formula is C20H23FN2O2. The van der Waals surface area contributed by atoms with Crippen LogP contribution in [0.3, 0.4) is 0 Å². The molecule has 2 aliphatic heterocycles. The predicted molar refractivity (Wildman–Crippen MR) is 92.9 cm³/mol. The molecule has 2 unspecified atom stereocenters. The van der Waals surface area contributed by atoms with Gasteiger partial charge in [0.25, 0.3) is 0 Å². The van der Waals surface area contributed by atoms with E-state index in [2.05, 4.69) is 9.88 Å². The maximum absolute atomic E-state index is 13.1. The lowest BCUT2D eigenvalue weighted by Crippen LogP contribution is -2.47. The molecule has 0 saturated carbocycles. The molecule has 132 valence electrons. The van der Waals surface area contributed by atoms with E-state index in [1.54, 1.807) is 12.4 Å². The fraction of sp³-hybridized carbons (Fsp3) is 0.450. The molecule has 2 atom stereocenters. The van der Waals surface area contributed by atoms with Gasteiger partial charge >= 0.3 is 0 Å². The number of halogens is 1. The van der Waals surface area contributed by atoms with Crippen LogP contribution in [0.5, 0.6) is 5.75 Å². The third kappa shape index (κ3) is 3.99. The molecule has 2 aromatic rings. The molecule has 4 nitrogen and oxygen atoms in total. The minimum absolute atomic E-state index is 0.0787. The maximum Gasteiger partial charge on any atom is 0.138 e. The highest BCUT2D eigenvalue weighted by Crippen LogP contribution is 2.36. The third-order valence-electron chi connectivity index (χ3n) is 5.05. The van der Waals surface area contributed by atoms with Crippen LogP contribution >= 0.6 is 0 Å². The van der Waals surface area contributed by atoms with Crippen LogP contribution in [0, 0.1) is 5.82 Å². The Morgan fingerprint density at radius 1 is 1.28 bits per heavy atom. The summed E-state index contributed by atoms with van der Waals surface area (Å²) in [4.78, 5) is 6.50. The van der Waals surface area contributed by atoms with Gasteiger partial charge < -0.3 is 9.47 Å². The molecule has 0 aliphatic carbocycles. The fourth-order valence-corrected chi connectivity index (χ4v) is 3.95. The summed E-state index contributed by atoms with van der Waals surface area (Å²) >= 11 is 0. The van der Waals surface area contributed by atoms with E-state index < -0.39 is 0 Å². The number of pyridine rings is 1. The molecule has 1 aromatic carbocycles. The first-order valence-corrected chi connectivity index (χ1v) is 8.88. The van der Waals surface area contributed by atoms with Crippen molar-refractivity contribution >= 4 is 0 Å². The van der Waals surface area contributed by atoms with Crippen molar-refractivity contribution < 1.29 is 13.9 Å². The summed E-state index contributed by atoms with van der Waals surface area (Å²) in [6, 6.07) is 10.6. The Balaban J connectivity index is 1.36. The Bertz CT molecular complexity index is 695. The molecule has 1 spiro atoms. The topological polar surface area (TPSA) is 34.6 Å². The van der Waals surface area contributed by atoms with Crippen molar-refractivity contribution in [2.75, 3.05) is 19.7 Å². The number of hydrogen-bond acceptors (Lipinski definition) is 4. The highest BCUT2D eigenvalue weighted by Gasteiger charge is 2.44. The van der Waals surface area contributed by atoms with Gasteiger partial charge in [-0.3, -0.25) is 9.88 Å². The van der Waals surface area contributed by atoms with Crippen LogP contribution in [0.2, 0.25) is 0 Å². The van der Waals surface area contributed by atoms with Crippen molar-refractivity contribution in [2.24, 2.45) is 0 Å². The molecular weight excluding hydrogens is 319 g/mol. The average molecular weight is 342 g/mol. The molecule has 0 N–H and O–H groups in total. The van der Waals surface area contributed by atoms with Crippen molar-refractivity contribution in [2.45, 2.75) is 37.5 Å². The van der Waals surface area contributed by atoms with E-state index in [0.717, 1.165) is 50.2 Å². The van der Waals surface area contributed by atoms with Crippen LogP contribution in [0.4, 0.5) is 4.39 Å². The number of hydrogen-bond donors (Lipinski definition) is 0. The summed E-state index contributed by atoms with van der Waals surface area (Å²) in [5.74, 6) is 0.612. The molecule has 0 radical (unpaired) electrons. The molecule has 2 fully saturated rings. The Morgan fingerprint density at radius 2 is 2.16 bits per heavy atom. The zero-order chi connectivity index (χ0) is 17.1. The molecule has 2 aliphatic rings. The second-order valence-electron chi connectivity index (χ2n) is 7.07. The smallest absolute Gasteiger partial charge is 0.138 e. The van der Waals surface area contributed by atoms with Gasteiger partial charge in [0.1, 0.15) is 17.7 Å². The number of aromatic nitrogens is 1. The summed E-state index contributed by atoms with van der Waals surface area (Å²) in [5, 5.41) is 0.